The minimum atomic E-state index is 0.548. The summed E-state index contributed by atoms with van der Waals surface area (Å²) in [5, 5.41) is 11.2. The van der Waals surface area contributed by atoms with Crippen molar-refractivity contribution in [3.05, 3.63) is 23.9 Å². The van der Waals surface area contributed by atoms with Crippen molar-refractivity contribution in [2.45, 2.75) is 32.2 Å². The van der Waals surface area contributed by atoms with Gasteiger partial charge >= 0.3 is 0 Å². The predicted molar refractivity (Wildman–Crippen MR) is 71.9 cm³/mol. The van der Waals surface area contributed by atoms with Crippen LogP contribution in [0.5, 0.6) is 0 Å². The van der Waals surface area contributed by atoms with E-state index in [-0.39, 0.29) is 0 Å². The van der Waals surface area contributed by atoms with Gasteiger partial charge in [0.1, 0.15) is 0 Å². The van der Waals surface area contributed by atoms with Crippen LogP contribution in [0.15, 0.2) is 18.3 Å². The van der Waals surface area contributed by atoms with Crippen LogP contribution in [-0.4, -0.2) is 33.7 Å². The lowest BCUT2D eigenvalue weighted by Crippen LogP contribution is -2.39. The molecule has 0 spiro atoms. The third-order valence-electron chi connectivity index (χ3n) is 3.40. The maximum absolute atomic E-state index is 4.45. The molecule has 0 aromatic carbocycles. The zero-order valence-electron chi connectivity index (χ0n) is 10.7. The molecule has 1 aliphatic rings. The van der Waals surface area contributed by atoms with Gasteiger partial charge < -0.3 is 10.6 Å². The molecule has 2 aromatic heterocycles. The van der Waals surface area contributed by atoms with Gasteiger partial charge in [0, 0.05) is 18.8 Å². The Balaban J connectivity index is 1.67. The number of pyridine rings is 1. The molecule has 0 aliphatic carbocycles. The molecule has 1 aliphatic heterocycles. The Morgan fingerprint density at radius 1 is 1.44 bits per heavy atom. The van der Waals surface area contributed by atoms with E-state index in [0.29, 0.717) is 12.0 Å². The minimum Gasteiger partial charge on any atom is -0.351 e. The minimum absolute atomic E-state index is 0.548. The lowest BCUT2D eigenvalue weighted by Gasteiger charge is -2.23. The highest BCUT2D eigenvalue weighted by atomic mass is 15.3. The third-order valence-corrected chi connectivity index (χ3v) is 3.40. The van der Waals surface area contributed by atoms with Crippen molar-refractivity contribution in [1.29, 1.82) is 0 Å². The standard InChI is InChI=1S/C13H19N5/c1-10-5-6-12-16-13(17-18(12)9-10)15-8-11-4-2-3-7-14-11/h5-6,9,11,14H,2-4,7-8H2,1H3,(H,15,17). The summed E-state index contributed by atoms with van der Waals surface area (Å²) in [4.78, 5) is 4.45. The molecule has 18 heavy (non-hydrogen) atoms. The van der Waals surface area contributed by atoms with E-state index in [9.17, 15) is 0 Å². The van der Waals surface area contributed by atoms with E-state index in [1.165, 1.54) is 24.8 Å². The average Bonchev–Trinajstić information content (AvgIpc) is 2.79. The van der Waals surface area contributed by atoms with Gasteiger partial charge in [0.15, 0.2) is 5.65 Å². The van der Waals surface area contributed by atoms with E-state index >= 15 is 0 Å². The molecule has 0 saturated carbocycles. The molecule has 0 radical (unpaired) electrons. The fourth-order valence-electron chi connectivity index (χ4n) is 2.37. The Morgan fingerprint density at radius 2 is 2.39 bits per heavy atom. The quantitative estimate of drug-likeness (QED) is 0.862. The second kappa shape index (κ2) is 4.94. The Bertz CT molecular complexity index is 527. The molecule has 1 atom stereocenters. The number of anilines is 1. The molecule has 2 N–H and O–H groups in total. The first kappa shape index (κ1) is 11.5. The largest absolute Gasteiger partial charge is 0.351 e. The van der Waals surface area contributed by atoms with Crippen LogP contribution >= 0.6 is 0 Å². The van der Waals surface area contributed by atoms with Crippen LogP contribution < -0.4 is 10.6 Å². The molecule has 0 bridgehead atoms. The van der Waals surface area contributed by atoms with E-state index < -0.39 is 0 Å². The van der Waals surface area contributed by atoms with Crippen molar-refractivity contribution >= 4 is 11.6 Å². The summed E-state index contributed by atoms with van der Waals surface area (Å²) in [7, 11) is 0. The second-order valence-electron chi connectivity index (χ2n) is 4.97. The van der Waals surface area contributed by atoms with Crippen LogP contribution in [0.1, 0.15) is 24.8 Å². The summed E-state index contributed by atoms with van der Waals surface area (Å²) in [6.07, 6.45) is 5.84. The van der Waals surface area contributed by atoms with Crippen molar-refractivity contribution in [1.82, 2.24) is 19.9 Å². The Hall–Kier alpha value is -1.62. The summed E-state index contributed by atoms with van der Waals surface area (Å²) < 4.78 is 1.83. The van der Waals surface area contributed by atoms with E-state index in [0.717, 1.165) is 18.7 Å². The molecule has 3 heterocycles. The number of nitrogens with zero attached hydrogens (tertiary/aromatic N) is 3. The van der Waals surface area contributed by atoms with Crippen molar-refractivity contribution in [2.75, 3.05) is 18.4 Å². The lowest BCUT2D eigenvalue weighted by atomic mass is 10.1. The van der Waals surface area contributed by atoms with Gasteiger partial charge in [-0.25, -0.2) is 4.52 Å². The molecular weight excluding hydrogens is 226 g/mol. The van der Waals surface area contributed by atoms with Gasteiger partial charge in [0.2, 0.25) is 5.95 Å². The highest BCUT2D eigenvalue weighted by Gasteiger charge is 2.12. The lowest BCUT2D eigenvalue weighted by molar-refractivity contribution is 0.413. The first-order valence-corrected chi connectivity index (χ1v) is 6.61. The number of hydrogen-bond donors (Lipinski definition) is 2. The molecule has 0 amide bonds. The van der Waals surface area contributed by atoms with Crippen molar-refractivity contribution < 1.29 is 0 Å². The maximum atomic E-state index is 4.45. The van der Waals surface area contributed by atoms with Gasteiger partial charge in [-0.2, -0.15) is 4.98 Å². The summed E-state index contributed by atoms with van der Waals surface area (Å²) in [5.41, 5.74) is 2.08. The number of aromatic nitrogens is 3. The molecule has 2 aromatic rings. The van der Waals surface area contributed by atoms with Crippen LogP contribution in [0, 0.1) is 6.92 Å². The molecule has 5 nitrogen and oxygen atoms in total. The topological polar surface area (TPSA) is 54.2 Å². The van der Waals surface area contributed by atoms with Gasteiger partial charge in [-0.3, -0.25) is 0 Å². The van der Waals surface area contributed by atoms with Crippen molar-refractivity contribution in [3.63, 3.8) is 0 Å². The zero-order valence-corrected chi connectivity index (χ0v) is 10.7. The smallest absolute Gasteiger partial charge is 0.243 e. The Kier molecular flexibility index (Phi) is 3.15. The first-order valence-electron chi connectivity index (χ1n) is 6.61. The summed E-state index contributed by atoms with van der Waals surface area (Å²) in [6, 6.07) is 4.59. The third kappa shape index (κ3) is 2.46. The summed E-state index contributed by atoms with van der Waals surface area (Å²) in [6.45, 7) is 4.08. The number of piperidine rings is 1. The fraction of sp³-hybridized carbons (Fsp3) is 0.538. The number of nitrogens with one attached hydrogen (secondary N) is 2. The fourth-order valence-corrected chi connectivity index (χ4v) is 2.37. The SMILES string of the molecule is Cc1ccc2nc(NCC3CCCCN3)nn2c1. The first-order chi connectivity index (χ1) is 8.81. The average molecular weight is 245 g/mol. The maximum Gasteiger partial charge on any atom is 0.243 e. The number of rotatable bonds is 3. The molecule has 1 saturated heterocycles. The van der Waals surface area contributed by atoms with E-state index in [1.807, 2.05) is 16.8 Å². The van der Waals surface area contributed by atoms with Gasteiger partial charge in [0.05, 0.1) is 0 Å². The van der Waals surface area contributed by atoms with Crippen LogP contribution in [0.2, 0.25) is 0 Å². The number of aryl methyl sites for hydroxylation is 1. The molecule has 96 valence electrons. The van der Waals surface area contributed by atoms with Crippen LogP contribution in [0.3, 0.4) is 0 Å². The number of hydrogen-bond acceptors (Lipinski definition) is 4. The molecule has 1 fully saturated rings. The monoisotopic (exact) mass is 245 g/mol. The molecular formula is C13H19N5. The Morgan fingerprint density at radius 3 is 3.22 bits per heavy atom. The van der Waals surface area contributed by atoms with Crippen molar-refractivity contribution in [3.8, 4) is 0 Å². The van der Waals surface area contributed by atoms with Crippen LogP contribution in [0.25, 0.3) is 5.65 Å². The summed E-state index contributed by atoms with van der Waals surface area (Å²) >= 11 is 0. The van der Waals surface area contributed by atoms with Gasteiger partial charge in [-0.15, -0.1) is 5.10 Å². The van der Waals surface area contributed by atoms with E-state index in [1.54, 1.807) is 0 Å². The van der Waals surface area contributed by atoms with Gasteiger partial charge in [-0.05, 0) is 37.9 Å². The van der Waals surface area contributed by atoms with Gasteiger partial charge in [-0.1, -0.05) is 12.5 Å². The van der Waals surface area contributed by atoms with E-state index in [2.05, 4.69) is 33.7 Å². The van der Waals surface area contributed by atoms with E-state index in [4.69, 9.17) is 0 Å². The molecule has 3 rings (SSSR count). The second-order valence-corrected chi connectivity index (χ2v) is 4.97. The molecule has 5 heteroatoms. The highest BCUT2D eigenvalue weighted by Crippen LogP contribution is 2.09. The predicted octanol–water partition coefficient (Wildman–Crippen LogP) is 1.59. The Labute approximate surface area is 107 Å². The number of fused-ring (bicyclic) bond motifs is 1. The van der Waals surface area contributed by atoms with Crippen LogP contribution in [-0.2, 0) is 0 Å². The normalized spacial score (nSPS) is 20.2. The van der Waals surface area contributed by atoms with Crippen LogP contribution in [0.4, 0.5) is 5.95 Å². The zero-order chi connectivity index (χ0) is 12.4. The molecule has 1 unspecified atom stereocenters. The van der Waals surface area contributed by atoms with Crippen molar-refractivity contribution in [2.24, 2.45) is 0 Å². The van der Waals surface area contributed by atoms with Gasteiger partial charge in [0.25, 0.3) is 0 Å². The highest BCUT2D eigenvalue weighted by molar-refractivity contribution is 5.44. The summed E-state index contributed by atoms with van der Waals surface area (Å²) in [5.74, 6) is 0.716.